The van der Waals surface area contributed by atoms with E-state index in [1.54, 1.807) is 11.3 Å². The Bertz CT molecular complexity index is 807. The Morgan fingerprint density at radius 2 is 1.96 bits per heavy atom. The van der Waals surface area contributed by atoms with E-state index in [1.165, 1.54) is 11.2 Å². The summed E-state index contributed by atoms with van der Waals surface area (Å²) in [6.07, 6.45) is 2.42. The molecule has 3 rings (SSSR count). The molecule has 2 aromatic heterocycles. The molecule has 0 radical (unpaired) electrons. The van der Waals surface area contributed by atoms with Crippen LogP contribution in [0, 0.1) is 0 Å². The largest absolute Gasteiger partial charge is 0.492 e. The van der Waals surface area contributed by atoms with Gasteiger partial charge in [0.2, 0.25) is 0 Å². The molecular formula is C18H21N5OS. The summed E-state index contributed by atoms with van der Waals surface area (Å²) in [6, 6.07) is 11.9. The number of rotatable bonds is 8. The minimum Gasteiger partial charge on any atom is -0.492 e. The second-order valence-corrected chi connectivity index (χ2v) is 6.33. The number of hydrogen-bond acceptors (Lipinski definition) is 7. The molecule has 0 aliphatic heterocycles. The molecule has 1 aromatic carbocycles. The zero-order valence-corrected chi connectivity index (χ0v) is 14.8. The predicted molar refractivity (Wildman–Crippen MR) is 104 cm³/mol. The van der Waals surface area contributed by atoms with Crippen LogP contribution in [-0.2, 0) is 6.42 Å². The van der Waals surface area contributed by atoms with Crippen molar-refractivity contribution in [1.82, 2.24) is 9.97 Å². The first-order chi connectivity index (χ1) is 12.3. The standard InChI is InChI=1S/C18H21N5OS/c1-2-24-15-8-4-3-7-14(15)23-18-16(19)17(21-12-22-18)20-10-9-13-6-5-11-25-13/h3-8,11-12H,2,9-10,19H2,1H3,(H2,20,21,22,23). The maximum absolute atomic E-state index is 6.23. The molecule has 6 nitrogen and oxygen atoms in total. The summed E-state index contributed by atoms with van der Waals surface area (Å²) in [6.45, 7) is 3.30. The molecule has 0 amide bonds. The molecule has 0 saturated carbocycles. The smallest absolute Gasteiger partial charge is 0.159 e. The van der Waals surface area contributed by atoms with Crippen LogP contribution in [0.5, 0.6) is 5.75 Å². The van der Waals surface area contributed by atoms with E-state index >= 15 is 0 Å². The topological polar surface area (TPSA) is 85.1 Å². The van der Waals surface area contributed by atoms with Crippen LogP contribution in [-0.4, -0.2) is 23.1 Å². The lowest BCUT2D eigenvalue weighted by Crippen LogP contribution is -2.10. The molecule has 130 valence electrons. The summed E-state index contributed by atoms with van der Waals surface area (Å²) >= 11 is 1.74. The lowest BCUT2D eigenvalue weighted by atomic mass is 10.3. The number of ether oxygens (including phenoxy) is 1. The van der Waals surface area contributed by atoms with Crippen molar-refractivity contribution in [2.24, 2.45) is 0 Å². The summed E-state index contributed by atoms with van der Waals surface area (Å²) in [7, 11) is 0. The molecule has 3 aromatic rings. The highest BCUT2D eigenvalue weighted by molar-refractivity contribution is 7.09. The monoisotopic (exact) mass is 355 g/mol. The summed E-state index contributed by atoms with van der Waals surface area (Å²) in [5, 5.41) is 8.58. The molecule has 2 heterocycles. The van der Waals surface area contributed by atoms with Crippen LogP contribution in [0.15, 0.2) is 48.1 Å². The fraction of sp³-hybridized carbons (Fsp3) is 0.222. The number of nitrogens with two attached hydrogens (primary N) is 1. The second-order valence-electron chi connectivity index (χ2n) is 5.29. The molecule has 0 aliphatic carbocycles. The second kappa shape index (κ2) is 8.34. The van der Waals surface area contributed by atoms with E-state index in [0.29, 0.717) is 23.9 Å². The molecule has 7 heteroatoms. The Balaban J connectivity index is 1.70. The van der Waals surface area contributed by atoms with E-state index in [0.717, 1.165) is 24.4 Å². The summed E-state index contributed by atoms with van der Waals surface area (Å²) in [5.41, 5.74) is 7.53. The quantitative estimate of drug-likeness (QED) is 0.568. The highest BCUT2D eigenvalue weighted by Crippen LogP contribution is 2.30. The molecular weight excluding hydrogens is 334 g/mol. The van der Waals surface area contributed by atoms with Gasteiger partial charge in [-0.05, 0) is 36.9 Å². The molecule has 0 spiro atoms. The summed E-state index contributed by atoms with van der Waals surface area (Å²) < 4.78 is 5.62. The van der Waals surface area contributed by atoms with Crippen LogP contribution >= 0.6 is 11.3 Å². The zero-order chi connectivity index (χ0) is 17.5. The third kappa shape index (κ3) is 4.39. The molecule has 0 aliphatic rings. The Morgan fingerprint density at radius 1 is 1.12 bits per heavy atom. The number of aromatic nitrogens is 2. The Morgan fingerprint density at radius 3 is 2.76 bits per heavy atom. The van der Waals surface area contributed by atoms with Crippen molar-refractivity contribution in [2.45, 2.75) is 13.3 Å². The molecule has 4 N–H and O–H groups in total. The fourth-order valence-corrected chi connectivity index (χ4v) is 3.08. The van der Waals surface area contributed by atoms with Gasteiger partial charge in [-0.3, -0.25) is 0 Å². The lowest BCUT2D eigenvalue weighted by molar-refractivity contribution is 0.342. The molecule has 0 unspecified atom stereocenters. The van der Waals surface area contributed by atoms with Gasteiger partial charge in [-0.2, -0.15) is 0 Å². The number of anilines is 4. The zero-order valence-electron chi connectivity index (χ0n) is 14.0. The number of para-hydroxylation sites is 2. The van der Waals surface area contributed by atoms with Gasteiger partial charge in [-0.15, -0.1) is 11.3 Å². The van der Waals surface area contributed by atoms with Gasteiger partial charge in [0.15, 0.2) is 11.6 Å². The third-order valence-electron chi connectivity index (χ3n) is 3.57. The number of hydrogen-bond donors (Lipinski definition) is 3. The average molecular weight is 355 g/mol. The van der Waals surface area contributed by atoms with E-state index in [-0.39, 0.29) is 0 Å². The fourth-order valence-electron chi connectivity index (χ4n) is 2.37. The van der Waals surface area contributed by atoms with Crippen LogP contribution in [0.2, 0.25) is 0 Å². The average Bonchev–Trinajstić information content (AvgIpc) is 3.13. The van der Waals surface area contributed by atoms with Gasteiger partial charge in [0.1, 0.15) is 17.8 Å². The van der Waals surface area contributed by atoms with Crippen molar-refractivity contribution >= 4 is 34.3 Å². The van der Waals surface area contributed by atoms with Gasteiger partial charge in [0, 0.05) is 11.4 Å². The molecule has 0 bridgehead atoms. The van der Waals surface area contributed by atoms with Gasteiger partial charge in [0.25, 0.3) is 0 Å². The Kier molecular flexibility index (Phi) is 5.69. The normalized spacial score (nSPS) is 10.4. The number of benzene rings is 1. The van der Waals surface area contributed by atoms with Gasteiger partial charge >= 0.3 is 0 Å². The predicted octanol–water partition coefficient (Wildman–Crippen LogP) is 3.92. The van der Waals surface area contributed by atoms with E-state index in [9.17, 15) is 0 Å². The molecule has 0 fully saturated rings. The first-order valence-electron chi connectivity index (χ1n) is 8.13. The van der Waals surface area contributed by atoms with Crippen LogP contribution < -0.4 is 21.1 Å². The maximum Gasteiger partial charge on any atom is 0.159 e. The first kappa shape index (κ1) is 17.0. The SMILES string of the molecule is CCOc1ccccc1Nc1ncnc(NCCc2cccs2)c1N. The van der Waals surface area contributed by atoms with Gasteiger partial charge in [-0.1, -0.05) is 18.2 Å². The summed E-state index contributed by atoms with van der Waals surface area (Å²) in [5.74, 6) is 1.94. The van der Waals surface area contributed by atoms with Crippen molar-refractivity contribution < 1.29 is 4.74 Å². The minimum atomic E-state index is 0.486. The number of nitrogen functional groups attached to an aromatic ring is 1. The van der Waals surface area contributed by atoms with Crippen molar-refractivity contribution in [3.05, 3.63) is 53.0 Å². The molecule has 25 heavy (non-hydrogen) atoms. The van der Waals surface area contributed by atoms with E-state index in [2.05, 4.69) is 38.1 Å². The number of thiophene rings is 1. The molecule has 0 atom stereocenters. The first-order valence-corrected chi connectivity index (χ1v) is 9.01. The van der Waals surface area contributed by atoms with Crippen molar-refractivity contribution in [2.75, 3.05) is 29.5 Å². The van der Waals surface area contributed by atoms with Crippen LogP contribution in [0.25, 0.3) is 0 Å². The third-order valence-corrected chi connectivity index (χ3v) is 4.50. The summed E-state index contributed by atoms with van der Waals surface area (Å²) in [4.78, 5) is 9.82. The van der Waals surface area contributed by atoms with Gasteiger partial charge < -0.3 is 21.1 Å². The highest BCUT2D eigenvalue weighted by Gasteiger charge is 2.10. The highest BCUT2D eigenvalue weighted by atomic mass is 32.1. The van der Waals surface area contributed by atoms with Crippen molar-refractivity contribution in [1.29, 1.82) is 0 Å². The molecule has 0 saturated heterocycles. The Hall–Kier alpha value is -2.80. The Labute approximate surface area is 151 Å². The van der Waals surface area contributed by atoms with E-state index in [4.69, 9.17) is 10.5 Å². The van der Waals surface area contributed by atoms with Crippen LogP contribution in [0.4, 0.5) is 23.0 Å². The van der Waals surface area contributed by atoms with Gasteiger partial charge in [-0.25, -0.2) is 9.97 Å². The maximum atomic E-state index is 6.23. The van der Waals surface area contributed by atoms with Crippen LogP contribution in [0.3, 0.4) is 0 Å². The van der Waals surface area contributed by atoms with E-state index in [1.807, 2.05) is 31.2 Å². The van der Waals surface area contributed by atoms with Gasteiger partial charge in [0.05, 0.1) is 12.3 Å². The van der Waals surface area contributed by atoms with Crippen molar-refractivity contribution in [3.8, 4) is 5.75 Å². The number of nitrogens with one attached hydrogen (secondary N) is 2. The van der Waals surface area contributed by atoms with Crippen molar-refractivity contribution in [3.63, 3.8) is 0 Å². The van der Waals surface area contributed by atoms with E-state index < -0.39 is 0 Å². The lowest BCUT2D eigenvalue weighted by Gasteiger charge is -2.14. The van der Waals surface area contributed by atoms with Crippen LogP contribution in [0.1, 0.15) is 11.8 Å². The minimum absolute atomic E-state index is 0.486. The number of nitrogens with zero attached hydrogens (tertiary/aromatic N) is 2.